The van der Waals surface area contributed by atoms with Gasteiger partial charge >= 0.3 is 11.7 Å². The number of hydrogen-bond donors (Lipinski definition) is 0. The van der Waals surface area contributed by atoms with E-state index in [1.807, 2.05) is 6.07 Å². The summed E-state index contributed by atoms with van der Waals surface area (Å²) in [5, 5.41) is 16.5. The summed E-state index contributed by atoms with van der Waals surface area (Å²) >= 11 is 3.40. The van der Waals surface area contributed by atoms with Crippen molar-refractivity contribution in [1.82, 2.24) is 9.66 Å². The Balaban J connectivity index is 1.69. The molecule has 1 aliphatic rings. The number of halogens is 1. The highest BCUT2D eigenvalue weighted by atomic mass is 79.9. The molecule has 0 atom stereocenters. The molecular formula is C26H27BrN4O6. The number of ether oxygens (including phenoxy) is 2. The van der Waals surface area contributed by atoms with Crippen molar-refractivity contribution >= 4 is 44.7 Å². The van der Waals surface area contributed by atoms with Crippen LogP contribution in [0.3, 0.4) is 0 Å². The van der Waals surface area contributed by atoms with Crippen LogP contribution < -0.4 is 10.3 Å². The second kappa shape index (κ2) is 11.6. The molecule has 0 N–H and O–H groups in total. The molecule has 0 amide bonds. The zero-order valence-corrected chi connectivity index (χ0v) is 22.1. The number of benzene rings is 2. The number of esters is 1. The van der Waals surface area contributed by atoms with E-state index in [0.29, 0.717) is 22.3 Å². The average Bonchev–Trinajstić information content (AvgIpc) is 2.87. The van der Waals surface area contributed by atoms with Crippen LogP contribution in [0.1, 0.15) is 63.3 Å². The van der Waals surface area contributed by atoms with Crippen molar-refractivity contribution in [3.05, 3.63) is 72.7 Å². The van der Waals surface area contributed by atoms with Crippen LogP contribution in [0.4, 0.5) is 5.69 Å². The van der Waals surface area contributed by atoms with Crippen LogP contribution in [-0.4, -0.2) is 39.5 Å². The van der Waals surface area contributed by atoms with E-state index in [2.05, 4.69) is 21.0 Å². The van der Waals surface area contributed by atoms with Gasteiger partial charge in [0.15, 0.2) is 12.4 Å². The maximum atomic E-state index is 13.4. The number of hydrogen-bond acceptors (Lipinski definition) is 8. The summed E-state index contributed by atoms with van der Waals surface area (Å²) in [5.41, 5.74) is 0.357. The maximum Gasteiger partial charge on any atom is 0.344 e. The highest BCUT2D eigenvalue weighted by molar-refractivity contribution is 9.10. The monoisotopic (exact) mass is 570 g/mol. The molecule has 11 heteroatoms. The molecule has 194 valence electrons. The van der Waals surface area contributed by atoms with Crippen LogP contribution in [0.25, 0.3) is 10.9 Å². The fourth-order valence-corrected chi connectivity index (χ4v) is 4.70. The Bertz CT molecular complexity index is 1410. The van der Waals surface area contributed by atoms with E-state index in [0.717, 1.165) is 36.6 Å². The largest absolute Gasteiger partial charge is 0.475 e. The number of aromatic nitrogens is 2. The van der Waals surface area contributed by atoms with Gasteiger partial charge in [-0.1, -0.05) is 35.2 Å². The van der Waals surface area contributed by atoms with Gasteiger partial charge in [0, 0.05) is 22.0 Å². The summed E-state index contributed by atoms with van der Waals surface area (Å²) in [6.07, 6.45) is 6.17. The molecule has 0 unspecified atom stereocenters. The average molecular weight is 571 g/mol. The minimum absolute atomic E-state index is 0.0693. The first-order valence-corrected chi connectivity index (χ1v) is 12.9. The number of carbonyl (C=O) groups excluding carboxylic acids is 1. The fourth-order valence-electron chi connectivity index (χ4n) is 4.34. The minimum atomic E-state index is -0.625. The molecule has 0 saturated heterocycles. The SMILES string of the molecule is CC(C)OC(=O)COc1ccc(C=Nn2c(C3CCCCC3)nc3ccc(Br)cc3c2=O)cc1[N+](=O)[O-]. The predicted molar refractivity (Wildman–Crippen MR) is 142 cm³/mol. The molecule has 1 aliphatic carbocycles. The Morgan fingerprint density at radius 2 is 2.00 bits per heavy atom. The molecule has 0 spiro atoms. The summed E-state index contributed by atoms with van der Waals surface area (Å²) in [6, 6.07) is 9.60. The van der Waals surface area contributed by atoms with Gasteiger partial charge in [-0.3, -0.25) is 14.9 Å². The molecule has 1 aromatic heterocycles. The predicted octanol–water partition coefficient (Wildman–Crippen LogP) is 5.33. The normalized spacial score (nSPS) is 14.4. The van der Waals surface area contributed by atoms with Gasteiger partial charge in [0.1, 0.15) is 5.82 Å². The van der Waals surface area contributed by atoms with E-state index < -0.39 is 17.5 Å². The Kier molecular flexibility index (Phi) is 8.32. The van der Waals surface area contributed by atoms with Crippen molar-refractivity contribution in [2.45, 2.75) is 58.0 Å². The van der Waals surface area contributed by atoms with E-state index in [9.17, 15) is 19.7 Å². The minimum Gasteiger partial charge on any atom is -0.475 e. The first kappa shape index (κ1) is 26.5. The molecule has 2 aromatic carbocycles. The van der Waals surface area contributed by atoms with E-state index in [4.69, 9.17) is 14.5 Å². The first-order chi connectivity index (χ1) is 17.7. The quantitative estimate of drug-likeness (QED) is 0.155. The second-order valence-corrected chi connectivity index (χ2v) is 10.1. The summed E-state index contributed by atoms with van der Waals surface area (Å²) in [4.78, 5) is 41.0. The topological polar surface area (TPSA) is 126 Å². The molecule has 0 aliphatic heterocycles. The molecule has 0 radical (unpaired) electrons. The van der Waals surface area contributed by atoms with Gasteiger partial charge in [-0.05, 0) is 57.0 Å². The second-order valence-electron chi connectivity index (χ2n) is 9.14. The van der Waals surface area contributed by atoms with Gasteiger partial charge in [-0.2, -0.15) is 9.78 Å². The van der Waals surface area contributed by atoms with Crippen molar-refractivity contribution in [2.24, 2.45) is 5.10 Å². The lowest BCUT2D eigenvalue weighted by Gasteiger charge is -2.22. The Hall–Kier alpha value is -3.60. The van der Waals surface area contributed by atoms with Gasteiger partial charge in [0.2, 0.25) is 0 Å². The van der Waals surface area contributed by atoms with Crippen molar-refractivity contribution in [3.8, 4) is 5.75 Å². The highest BCUT2D eigenvalue weighted by Gasteiger charge is 2.23. The van der Waals surface area contributed by atoms with Crippen molar-refractivity contribution in [2.75, 3.05) is 6.61 Å². The smallest absolute Gasteiger partial charge is 0.344 e. The lowest BCUT2D eigenvalue weighted by atomic mass is 9.88. The third kappa shape index (κ3) is 6.40. The molecule has 37 heavy (non-hydrogen) atoms. The standard InChI is InChI=1S/C26H27BrN4O6/c1-16(2)37-24(32)15-36-23-11-8-17(12-22(23)31(34)35)14-28-30-25(18-6-4-3-5-7-18)29-21-10-9-19(27)13-20(21)26(30)33/h8-14,16,18H,3-7,15H2,1-2H3. The van der Waals surface area contributed by atoms with Crippen molar-refractivity contribution in [3.63, 3.8) is 0 Å². The van der Waals surface area contributed by atoms with Crippen LogP contribution in [0.15, 0.2) is 50.8 Å². The number of nitrogens with zero attached hydrogens (tertiary/aromatic N) is 4. The lowest BCUT2D eigenvalue weighted by molar-refractivity contribution is -0.385. The number of nitro benzene ring substituents is 1. The van der Waals surface area contributed by atoms with E-state index in [-0.39, 0.29) is 29.0 Å². The Morgan fingerprint density at radius 3 is 2.70 bits per heavy atom. The molecule has 0 bridgehead atoms. The number of fused-ring (bicyclic) bond motifs is 1. The van der Waals surface area contributed by atoms with Crippen molar-refractivity contribution in [1.29, 1.82) is 0 Å². The van der Waals surface area contributed by atoms with E-state index in [1.54, 1.807) is 32.0 Å². The van der Waals surface area contributed by atoms with Crippen LogP contribution in [-0.2, 0) is 9.53 Å². The third-order valence-electron chi connectivity index (χ3n) is 6.02. The molecule has 10 nitrogen and oxygen atoms in total. The summed E-state index contributed by atoms with van der Waals surface area (Å²) in [7, 11) is 0. The first-order valence-electron chi connectivity index (χ1n) is 12.1. The summed E-state index contributed by atoms with van der Waals surface area (Å²) in [6.45, 7) is 2.94. The van der Waals surface area contributed by atoms with Crippen LogP contribution >= 0.6 is 15.9 Å². The summed E-state index contributed by atoms with van der Waals surface area (Å²) in [5.74, 6) is -0.00335. The fraction of sp³-hybridized carbons (Fsp3) is 0.385. The third-order valence-corrected chi connectivity index (χ3v) is 6.51. The van der Waals surface area contributed by atoms with Crippen LogP contribution in [0, 0.1) is 10.1 Å². The zero-order chi connectivity index (χ0) is 26.5. The summed E-state index contributed by atoms with van der Waals surface area (Å²) < 4.78 is 12.4. The van der Waals surface area contributed by atoms with Gasteiger partial charge in [-0.25, -0.2) is 9.78 Å². The van der Waals surface area contributed by atoms with Gasteiger partial charge in [-0.15, -0.1) is 0 Å². The molecule has 1 fully saturated rings. The van der Waals surface area contributed by atoms with Gasteiger partial charge in [0.05, 0.1) is 28.1 Å². The Labute approximate surface area is 221 Å². The van der Waals surface area contributed by atoms with Crippen molar-refractivity contribution < 1.29 is 19.2 Å². The van der Waals surface area contributed by atoms with Crippen LogP contribution in [0.5, 0.6) is 5.75 Å². The van der Waals surface area contributed by atoms with E-state index in [1.165, 1.54) is 23.0 Å². The zero-order valence-electron chi connectivity index (χ0n) is 20.6. The highest BCUT2D eigenvalue weighted by Crippen LogP contribution is 2.32. The number of carbonyl (C=O) groups is 1. The van der Waals surface area contributed by atoms with Gasteiger partial charge in [0.25, 0.3) is 5.56 Å². The molecule has 1 saturated carbocycles. The lowest BCUT2D eigenvalue weighted by Crippen LogP contribution is -2.25. The molecular weight excluding hydrogens is 544 g/mol. The maximum absolute atomic E-state index is 13.4. The van der Waals surface area contributed by atoms with Gasteiger partial charge < -0.3 is 9.47 Å². The molecule has 3 aromatic rings. The number of rotatable bonds is 8. The van der Waals surface area contributed by atoms with E-state index >= 15 is 0 Å². The van der Waals surface area contributed by atoms with Crippen LogP contribution in [0.2, 0.25) is 0 Å². The number of nitro groups is 1. The molecule has 1 heterocycles. The molecule has 4 rings (SSSR count). The Morgan fingerprint density at radius 1 is 1.24 bits per heavy atom.